The first-order chi connectivity index (χ1) is 7.20. The quantitative estimate of drug-likeness (QED) is 0.730. The highest BCUT2D eigenvalue weighted by molar-refractivity contribution is 5.99. The van der Waals surface area contributed by atoms with Crippen molar-refractivity contribution in [1.29, 1.82) is 0 Å². The molecule has 4 heteroatoms. The van der Waals surface area contributed by atoms with Gasteiger partial charge in [-0.3, -0.25) is 4.79 Å². The Morgan fingerprint density at radius 1 is 1.53 bits per heavy atom. The van der Waals surface area contributed by atoms with Crippen molar-refractivity contribution in [2.45, 2.75) is 18.9 Å². The highest BCUT2D eigenvalue weighted by atomic mass is 16.5. The number of carbonyl (C=O) groups excluding carboxylic acids is 1. The predicted octanol–water partition coefficient (Wildman–Crippen LogP) is 1.17. The molecule has 4 nitrogen and oxygen atoms in total. The van der Waals surface area contributed by atoms with Crippen LogP contribution in [-0.2, 0) is 0 Å². The van der Waals surface area contributed by atoms with E-state index in [0.29, 0.717) is 23.1 Å². The van der Waals surface area contributed by atoms with Gasteiger partial charge in [-0.2, -0.15) is 0 Å². The summed E-state index contributed by atoms with van der Waals surface area (Å²) in [5.41, 5.74) is 6.63. The number of anilines is 1. The van der Waals surface area contributed by atoms with Gasteiger partial charge >= 0.3 is 0 Å². The zero-order valence-electron chi connectivity index (χ0n) is 8.62. The minimum atomic E-state index is -0.186. The molecule has 0 spiro atoms. The van der Waals surface area contributed by atoms with Crippen molar-refractivity contribution in [1.82, 2.24) is 5.32 Å². The Morgan fingerprint density at radius 3 is 2.87 bits per heavy atom. The van der Waals surface area contributed by atoms with Gasteiger partial charge in [-0.05, 0) is 31.0 Å². The van der Waals surface area contributed by atoms with Crippen molar-refractivity contribution in [2.24, 2.45) is 0 Å². The Morgan fingerprint density at radius 2 is 2.27 bits per heavy atom. The topological polar surface area (TPSA) is 64.3 Å². The second-order valence-electron chi connectivity index (χ2n) is 3.65. The maximum Gasteiger partial charge on any atom is 0.253 e. The molecule has 0 atom stereocenters. The molecule has 3 N–H and O–H groups in total. The maximum atomic E-state index is 11.4. The second-order valence-corrected chi connectivity index (χ2v) is 3.65. The largest absolute Gasteiger partial charge is 0.490 e. The zero-order chi connectivity index (χ0) is 10.8. The van der Waals surface area contributed by atoms with Crippen LogP contribution in [0.1, 0.15) is 23.2 Å². The minimum Gasteiger partial charge on any atom is -0.490 e. The van der Waals surface area contributed by atoms with Gasteiger partial charge < -0.3 is 15.8 Å². The molecule has 80 valence electrons. The van der Waals surface area contributed by atoms with Gasteiger partial charge in [-0.1, -0.05) is 0 Å². The number of hydrogen-bond donors (Lipinski definition) is 2. The average Bonchev–Trinajstić information content (AvgIpc) is 3.04. The first-order valence-electron chi connectivity index (χ1n) is 4.99. The lowest BCUT2D eigenvalue weighted by Gasteiger charge is -2.08. The lowest BCUT2D eigenvalue weighted by Crippen LogP contribution is -2.19. The number of nitrogens with two attached hydrogens (primary N) is 1. The van der Waals surface area contributed by atoms with Crippen molar-refractivity contribution in [2.75, 3.05) is 12.8 Å². The molecule has 0 heterocycles. The van der Waals surface area contributed by atoms with E-state index in [0.717, 1.165) is 12.8 Å². The summed E-state index contributed by atoms with van der Waals surface area (Å²) in [4.78, 5) is 11.4. The molecule has 1 fully saturated rings. The third kappa shape index (κ3) is 2.21. The normalized spacial score (nSPS) is 14.7. The summed E-state index contributed by atoms with van der Waals surface area (Å²) in [6.45, 7) is 0. The van der Waals surface area contributed by atoms with Crippen LogP contribution in [0.25, 0.3) is 0 Å². The smallest absolute Gasteiger partial charge is 0.253 e. The summed E-state index contributed by atoms with van der Waals surface area (Å²) < 4.78 is 5.58. The van der Waals surface area contributed by atoms with Gasteiger partial charge in [-0.15, -0.1) is 0 Å². The summed E-state index contributed by atoms with van der Waals surface area (Å²) in [5, 5.41) is 2.54. The van der Waals surface area contributed by atoms with E-state index in [-0.39, 0.29) is 5.91 Å². The van der Waals surface area contributed by atoms with E-state index in [9.17, 15) is 4.79 Å². The fraction of sp³-hybridized carbons (Fsp3) is 0.364. The van der Waals surface area contributed by atoms with Crippen molar-refractivity contribution < 1.29 is 9.53 Å². The molecule has 1 aromatic rings. The van der Waals surface area contributed by atoms with Gasteiger partial charge in [0.2, 0.25) is 0 Å². The van der Waals surface area contributed by atoms with Gasteiger partial charge in [-0.25, -0.2) is 0 Å². The van der Waals surface area contributed by atoms with Gasteiger partial charge in [0, 0.05) is 12.7 Å². The molecule has 1 aliphatic rings. The first-order valence-corrected chi connectivity index (χ1v) is 4.99. The van der Waals surface area contributed by atoms with E-state index in [1.807, 2.05) is 0 Å². The Labute approximate surface area is 88.4 Å². The number of rotatable bonds is 3. The molecule has 1 amide bonds. The maximum absolute atomic E-state index is 11.4. The molecule has 0 aliphatic heterocycles. The Balaban J connectivity index is 2.22. The van der Waals surface area contributed by atoms with Gasteiger partial charge in [0.1, 0.15) is 5.75 Å². The predicted molar refractivity (Wildman–Crippen MR) is 57.9 cm³/mol. The van der Waals surface area contributed by atoms with Gasteiger partial charge in [0.15, 0.2) is 0 Å². The molecule has 0 saturated heterocycles. The summed E-state index contributed by atoms with van der Waals surface area (Å²) >= 11 is 0. The number of ether oxygens (including phenoxy) is 1. The standard InChI is InChI=1S/C11H14N2O2/c1-13-11(14)9-6-8(4-5-10(9)12)15-7-2-3-7/h4-7H,2-3,12H2,1H3,(H,13,14). The van der Waals surface area contributed by atoms with Crippen LogP contribution >= 0.6 is 0 Å². The van der Waals surface area contributed by atoms with Gasteiger partial charge in [0.25, 0.3) is 5.91 Å². The summed E-state index contributed by atoms with van der Waals surface area (Å²) in [6.07, 6.45) is 2.52. The monoisotopic (exact) mass is 206 g/mol. The molecular weight excluding hydrogens is 192 g/mol. The molecule has 1 aliphatic carbocycles. The third-order valence-corrected chi connectivity index (χ3v) is 2.32. The van der Waals surface area contributed by atoms with E-state index in [4.69, 9.17) is 10.5 Å². The molecule has 15 heavy (non-hydrogen) atoms. The fourth-order valence-electron chi connectivity index (χ4n) is 1.32. The van der Waals surface area contributed by atoms with Crippen LogP contribution in [-0.4, -0.2) is 19.1 Å². The minimum absolute atomic E-state index is 0.186. The number of benzene rings is 1. The summed E-state index contributed by atoms with van der Waals surface area (Å²) in [7, 11) is 1.58. The van der Waals surface area contributed by atoms with E-state index < -0.39 is 0 Å². The molecule has 0 bridgehead atoms. The van der Waals surface area contributed by atoms with Crippen LogP contribution in [0.5, 0.6) is 5.75 Å². The van der Waals surface area contributed by atoms with E-state index >= 15 is 0 Å². The number of carbonyl (C=O) groups is 1. The van der Waals surface area contributed by atoms with Crippen LogP contribution < -0.4 is 15.8 Å². The van der Waals surface area contributed by atoms with Gasteiger partial charge in [0.05, 0.1) is 11.7 Å². The van der Waals surface area contributed by atoms with Crippen LogP contribution in [0, 0.1) is 0 Å². The number of nitrogens with one attached hydrogen (secondary N) is 1. The van der Waals surface area contributed by atoms with Crippen molar-refractivity contribution >= 4 is 11.6 Å². The van der Waals surface area contributed by atoms with Crippen LogP contribution in [0.2, 0.25) is 0 Å². The highest BCUT2D eigenvalue weighted by Crippen LogP contribution is 2.28. The zero-order valence-corrected chi connectivity index (χ0v) is 8.62. The summed E-state index contributed by atoms with van der Waals surface area (Å²) in [6, 6.07) is 5.18. The number of amides is 1. The average molecular weight is 206 g/mol. The van der Waals surface area contributed by atoms with Crippen LogP contribution in [0.15, 0.2) is 18.2 Å². The first kappa shape index (κ1) is 9.83. The molecule has 0 aromatic heterocycles. The molecule has 0 radical (unpaired) electrons. The van der Waals surface area contributed by atoms with E-state index in [2.05, 4.69) is 5.32 Å². The number of hydrogen-bond acceptors (Lipinski definition) is 3. The molecule has 1 saturated carbocycles. The molecular formula is C11H14N2O2. The molecule has 1 aromatic carbocycles. The molecule has 0 unspecified atom stereocenters. The van der Waals surface area contributed by atoms with Crippen molar-refractivity contribution in [3.8, 4) is 5.75 Å². The highest BCUT2D eigenvalue weighted by Gasteiger charge is 2.23. The van der Waals surface area contributed by atoms with E-state index in [1.165, 1.54) is 0 Å². The Bertz CT molecular complexity index is 386. The summed E-state index contributed by atoms with van der Waals surface area (Å²) in [5.74, 6) is 0.527. The van der Waals surface area contributed by atoms with Crippen LogP contribution in [0.3, 0.4) is 0 Å². The fourth-order valence-corrected chi connectivity index (χ4v) is 1.32. The van der Waals surface area contributed by atoms with E-state index in [1.54, 1.807) is 25.2 Å². The lowest BCUT2D eigenvalue weighted by molar-refractivity contribution is 0.0963. The second kappa shape index (κ2) is 3.81. The van der Waals surface area contributed by atoms with Crippen molar-refractivity contribution in [3.63, 3.8) is 0 Å². The Kier molecular flexibility index (Phi) is 2.49. The van der Waals surface area contributed by atoms with Crippen LogP contribution in [0.4, 0.5) is 5.69 Å². The third-order valence-electron chi connectivity index (χ3n) is 2.32. The molecule has 2 rings (SSSR count). The number of nitrogen functional groups attached to an aromatic ring is 1. The Hall–Kier alpha value is -1.71. The lowest BCUT2D eigenvalue weighted by atomic mass is 10.1. The van der Waals surface area contributed by atoms with Crippen molar-refractivity contribution in [3.05, 3.63) is 23.8 Å². The SMILES string of the molecule is CNC(=O)c1cc(OC2CC2)ccc1N.